The molecule has 0 heterocycles. The molecule has 0 spiro atoms. The third-order valence-corrected chi connectivity index (χ3v) is 4.18. The summed E-state index contributed by atoms with van der Waals surface area (Å²) >= 11 is 0. The van der Waals surface area contributed by atoms with Crippen molar-refractivity contribution in [2.75, 3.05) is 11.9 Å². The minimum atomic E-state index is -0.0728. The molecule has 0 bridgehead atoms. The molecule has 0 aromatic heterocycles. The van der Waals surface area contributed by atoms with E-state index in [0.29, 0.717) is 13.1 Å². The Hall–Kier alpha value is -2.62. The molecule has 0 radical (unpaired) electrons. The lowest BCUT2D eigenvalue weighted by atomic mass is 10.1. The number of benzene rings is 2. The van der Waals surface area contributed by atoms with Gasteiger partial charge in [-0.25, -0.2) is 0 Å². The maximum atomic E-state index is 12.3. The van der Waals surface area contributed by atoms with Gasteiger partial charge in [0.05, 0.1) is 0 Å². The highest BCUT2D eigenvalue weighted by molar-refractivity contribution is 5.91. The van der Waals surface area contributed by atoms with E-state index >= 15 is 0 Å². The van der Waals surface area contributed by atoms with Crippen molar-refractivity contribution in [3.05, 3.63) is 65.2 Å². The number of hydrogen-bond donors (Lipinski definition) is 1. The molecule has 25 heavy (non-hydrogen) atoms. The molecule has 4 nitrogen and oxygen atoms in total. The lowest BCUT2D eigenvalue weighted by Crippen LogP contribution is -2.31. The highest BCUT2D eigenvalue weighted by Gasteiger charge is 2.13. The quantitative estimate of drug-likeness (QED) is 0.831. The van der Waals surface area contributed by atoms with Crippen LogP contribution in [0.2, 0.25) is 0 Å². The Labute approximate surface area is 149 Å². The van der Waals surface area contributed by atoms with E-state index in [1.165, 1.54) is 0 Å². The average molecular weight is 338 g/mol. The van der Waals surface area contributed by atoms with Crippen molar-refractivity contribution in [3.63, 3.8) is 0 Å². The average Bonchev–Trinajstić information content (AvgIpc) is 2.59. The summed E-state index contributed by atoms with van der Waals surface area (Å²) < 4.78 is 0. The zero-order valence-corrected chi connectivity index (χ0v) is 15.2. The smallest absolute Gasteiger partial charge is 0.226 e. The first-order chi connectivity index (χ1) is 12.0. The van der Waals surface area contributed by atoms with E-state index < -0.39 is 0 Å². The molecule has 0 unspecified atom stereocenters. The molecular formula is C21H26N2O2. The Bertz CT molecular complexity index is 740. The molecule has 132 valence electrons. The summed E-state index contributed by atoms with van der Waals surface area (Å²) in [4.78, 5) is 25.9. The van der Waals surface area contributed by atoms with Gasteiger partial charge in [0.25, 0.3) is 0 Å². The van der Waals surface area contributed by atoms with Crippen LogP contribution in [-0.4, -0.2) is 23.3 Å². The molecule has 2 rings (SSSR count). The third-order valence-electron chi connectivity index (χ3n) is 4.18. The summed E-state index contributed by atoms with van der Waals surface area (Å²) in [5, 5.41) is 2.95. The Morgan fingerprint density at radius 2 is 1.84 bits per heavy atom. The van der Waals surface area contributed by atoms with Crippen LogP contribution in [-0.2, 0) is 22.6 Å². The monoisotopic (exact) mass is 338 g/mol. The van der Waals surface area contributed by atoms with E-state index in [1.54, 1.807) is 11.8 Å². The van der Waals surface area contributed by atoms with Crippen LogP contribution in [0.5, 0.6) is 0 Å². The number of anilines is 1. The highest BCUT2D eigenvalue weighted by atomic mass is 16.2. The van der Waals surface area contributed by atoms with Crippen LogP contribution >= 0.6 is 0 Å². The molecule has 0 saturated carbocycles. The number of carbonyl (C=O) groups excluding carboxylic acids is 2. The second-order valence-corrected chi connectivity index (χ2v) is 6.24. The molecule has 4 heteroatoms. The number of nitrogens with zero attached hydrogens (tertiary/aromatic N) is 1. The van der Waals surface area contributed by atoms with Gasteiger partial charge >= 0.3 is 0 Å². The summed E-state index contributed by atoms with van der Waals surface area (Å²) in [6, 6.07) is 15.9. The summed E-state index contributed by atoms with van der Waals surface area (Å²) in [5.41, 5.74) is 4.20. The summed E-state index contributed by atoms with van der Waals surface area (Å²) in [5.74, 6) is -0.0975. The standard InChI is InChI=1S/C21H26N2O2/c1-4-19-10-5-6-11-20(19)22-21(25)12-13-23(17(3)24)15-18-9-7-8-16(2)14-18/h5-11,14H,4,12-13,15H2,1-3H3,(H,22,25). The van der Waals surface area contributed by atoms with E-state index in [4.69, 9.17) is 0 Å². The fourth-order valence-electron chi connectivity index (χ4n) is 2.78. The number of nitrogens with one attached hydrogen (secondary N) is 1. The molecule has 2 amide bonds. The number of hydrogen-bond acceptors (Lipinski definition) is 2. The molecule has 0 fully saturated rings. The molecule has 2 aromatic rings. The van der Waals surface area contributed by atoms with Gasteiger partial charge in [-0.3, -0.25) is 9.59 Å². The van der Waals surface area contributed by atoms with Gasteiger partial charge in [0.1, 0.15) is 0 Å². The largest absolute Gasteiger partial charge is 0.338 e. The lowest BCUT2D eigenvalue weighted by molar-refractivity contribution is -0.129. The lowest BCUT2D eigenvalue weighted by Gasteiger charge is -2.21. The number of aryl methyl sites for hydroxylation is 2. The fraction of sp³-hybridized carbons (Fsp3) is 0.333. The number of carbonyl (C=O) groups is 2. The maximum Gasteiger partial charge on any atom is 0.226 e. The maximum absolute atomic E-state index is 12.3. The van der Waals surface area contributed by atoms with Crippen LogP contribution < -0.4 is 5.32 Å². The third kappa shape index (κ3) is 5.75. The van der Waals surface area contributed by atoms with Crippen molar-refractivity contribution < 1.29 is 9.59 Å². The highest BCUT2D eigenvalue weighted by Crippen LogP contribution is 2.16. The van der Waals surface area contributed by atoms with Crippen LogP contribution in [0.1, 0.15) is 37.0 Å². The first kappa shape index (κ1) is 18.7. The normalized spacial score (nSPS) is 10.4. The van der Waals surface area contributed by atoms with Gasteiger partial charge in [-0.1, -0.05) is 55.0 Å². The van der Waals surface area contributed by atoms with Crippen LogP contribution in [0.4, 0.5) is 5.69 Å². The first-order valence-corrected chi connectivity index (χ1v) is 8.68. The first-order valence-electron chi connectivity index (χ1n) is 8.68. The van der Waals surface area contributed by atoms with Gasteiger partial charge in [0, 0.05) is 32.1 Å². The Morgan fingerprint density at radius 3 is 2.52 bits per heavy atom. The van der Waals surface area contributed by atoms with E-state index in [0.717, 1.165) is 28.8 Å². The van der Waals surface area contributed by atoms with Gasteiger partial charge in [0.2, 0.25) is 11.8 Å². The Morgan fingerprint density at radius 1 is 1.08 bits per heavy atom. The summed E-state index contributed by atoms with van der Waals surface area (Å²) in [6.07, 6.45) is 1.15. The van der Waals surface area contributed by atoms with Crippen LogP contribution in [0.25, 0.3) is 0 Å². The van der Waals surface area contributed by atoms with Gasteiger partial charge in [0.15, 0.2) is 0 Å². The van der Waals surface area contributed by atoms with Crippen molar-refractivity contribution in [2.45, 2.75) is 40.2 Å². The van der Waals surface area contributed by atoms with E-state index in [9.17, 15) is 9.59 Å². The molecular weight excluding hydrogens is 312 g/mol. The zero-order valence-electron chi connectivity index (χ0n) is 15.2. The predicted octanol–water partition coefficient (Wildman–Crippen LogP) is 3.93. The van der Waals surface area contributed by atoms with Gasteiger partial charge in [-0.2, -0.15) is 0 Å². The molecule has 0 aliphatic heterocycles. The SMILES string of the molecule is CCc1ccccc1NC(=O)CCN(Cc1cccc(C)c1)C(C)=O. The molecule has 1 N–H and O–H groups in total. The van der Waals surface area contributed by atoms with Crippen molar-refractivity contribution in [2.24, 2.45) is 0 Å². The Balaban J connectivity index is 1.94. The van der Waals surface area contributed by atoms with Crippen LogP contribution in [0.15, 0.2) is 48.5 Å². The predicted molar refractivity (Wildman–Crippen MR) is 101 cm³/mol. The molecule has 0 atom stereocenters. The van der Waals surface area contributed by atoms with Crippen molar-refractivity contribution >= 4 is 17.5 Å². The summed E-state index contributed by atoms with van der Waals surface area (Å²) in [6.45, 7) is 6.56. The second-order valence-electron chi connectivity index (χ2n) is 6.24. The topological polar surface area (TPSA) is 49.4 Å². The van der Waals surface area contributed by atoms with E-state index in [1.807, 2.05) is 49.4 Å². The minimum Gasteiger partial charge on any atom is -0.338 e. The number of rotatable bonds is 7. The van der Waals surface area contributed by atoms with Gasteiger partial charge in [-0.15, -0.1) is 0 Å². The number of amides is 2. The second kappa shape index (κ2) is 9.02. The minimum absolute atomic E-state index is 0.0248. The fourth-order valence-corrected chi connectivity index (χ4v) is 2.78. The van der Waals surface area contributed by atoms with Crippen molar-refractivity contribution in [1.29, 1.82) is 0 Å². The van der Waals surface area contributed by atoms with Gasteiger partial charge < -0.3 is 10.2 Å². The molecule has 0 aliphatic carbocycles. The molecule has 0 saturated heterocycles. The van der Waals surface area contributed by atoms with Gasteiger partial charge in [-0.05, 0) is 30.5 Å². The molecule has 2 aromatic carbocycles. The molecule has 0 aliphatic rings. The van der Waals surface area contributed by atoms with E-state index in [-0.39, 0.29) is 18.2 Å². The Kier molecular flexibility index (Phi) is 6.75. The van der Waals surface area contributed by atoms with E-state index in [2.05, 4.69) is 18.3 Å². The number of para-hydroxylation sites is 1. The van der Waals surface area contributed by atoms with Crippen LogP contribution in [0.3, 0.4) is 0 Å². The van der Waals surface area contributed by atoms with Crippen LogP contribution in [0, 0.1) is 6.92 Å². The summed E-state index contributed by atoms with van der Waals surface area (Å²) in [7, 11) is 0. The van der Waals surface area contributed by atoms with Crippen molar-refractivity contribution in [3.8, 4) is 0 Å². The van der Waals surface area contributed by atoms with Crippen molar-refractivity contribution in [1.82, 2.24) is 4.90 Å². The zero-order chi connectivity index (χ0) is 18.2.